The third kappa shape index (κ3) is 7.62. The van der Waals surface area contributed by atoms with Crippen LogP contribution in [0.15, 0.2) is 12.1 Å². The summed E-state index contributed by atoms with van der Waals surface area (Å²) in [5, 5.41) is 39.1. The summed E-state index contributed by atoms with van der Waals surface area (Å²) < 4.78 is 79.3. The van der Waals surface area contributed by atoms with E-state index in [0.29, 0.717) is 12.1 Å². The number of aliphatic carboxylic acids is 2. The molecule has 2 heterocycles. The van der Waals surface area contributed by atoms with Crippen molar-refractivity contribution in [2.75, 3.05) is 6.54 Å². The van der Waals surface area contributed by atoms with Crippen LogP contribution in [0.5, 0.6) is 0 Å². The number of aliphatic hydroxyl groups is 2. The number of benzene rings is 1. The Morgan fingerprint density at radius 1 is 0.947 bits per heavy atom. The molecule has 0 aliphatic carbocycles. The topological polar surface area (TPSA) is 192 Å². The van der Waals surface area contributed by atoms with E-state index in [0.717, 1.165) is 4.57 Å². The van der Waals surface area contributed by atoms with Gasteiger partial charge in [0, 0.05) is 31.6 Å². The number of fused-ring (bicyclic) bond motifs is 1. The molecule has 0 saturated carbocycles. The van der Waals surface area contributed by atoms with Crippen molar-refractivity contribution in [3.63, 3.8) is 0 Å². The predicted molar refractivity (Wildman–Crippen MR) is 110 cm³/mol. The fourth-order valence-electron chi connectivity index (χ4n) is 3.28. The van der Waals surface area contributed by atoms with Crippen molar-refractivity contribution in [2.45, 2.75) is 50.4 Å². The van der Waals surface area contributed by atoms with Crippen molar-refractivity contribution < 1.29 is 61.2 Å². The molecule has 0 saturated heterocycles. The molecule has 1 aliphatic heterocycles. The van der Waals surface area contributed by atoms with Crippen molar-refractivity contribution in [2.24, 2.45) is 5.73 Å². The lowest BCUT2D eigenvalue weighted by Gasteiger charge is -2.29. The number of aromatic nitrogens is 3. The number of nitrogens with two attached hydrogens (primary N) is 1. The number of carbonyl (C=O) groups excluding carboxylic acids is 1. The summed E-state index contributed by atoms with van der Waals surface area (Å²) in [4.78, 5) is 33.2. The third-order valence-electron chi connectivity index (χ3n) is 5.17. The van der Waals surface area contributed by atoms with Crippen LogP contribution in [-0.2, 0) is 40.1 Å². The Morgan fingerprint density at radius 2 is 1.50 bits per heavy atom. The second kappa shape index (κ2) is 12.2. The van der Waals surface area contributed by atoms with Gasteiger partial charge in [0.15, 0.2) is 29.7 Å². The Hall–Kier alpha value is -3.77. The highest BCUT2D eigenvalue weighted by Gasteiger charge is 2.40. The van der Waals surface area contributed by atoms with E-state index < -0.39 is 65.5 Å². The fraction of sp³-hybridized carbons (Fsp3) is 0.450. The molecule has 6 N–H and O–H groups in total. The molecule has 38 heavy (non-hydrogen) atoms. The van der Waals surface area contributed by atoms with Gasteiger partial charge in [-0.05, 0) is 18.1 Å². The zero-order chi connectivity index (χ0) is 28.9. The average molecular weight is 557 g/mol. The second-order valence-corrected chi connectivity index (χ2v) is 8.00. The van der Waals surface area contributed by atoms with Crippen molar-refractivity contribution in [3.05, 3.63) is 46.8 Å². The lowest BCUT2D eigenvalue weighted by molar-refractivity contribution is -0.165. The molecule has 2 unspecified atom stereocenters. The van der Waals surface area contributed by atoms with E-state index in [1.165, 1.54) is 4.90 Å². The first kappa shape index (κ1) is 30.5. The fourth-order valence-corrected chi connectivity index (χ4v) is 3.28. The minimum Gasteiger partial charge on any atom is -0.479 e. The standard InChI is InChI=1S/C16H15F6N5O.C4H6O6/c17-10-6-12(19)11(18)4-8(10)3-9(23)5-14(28)26-1-2-27-13(7-26)24-25-15(27)16(20,21)22;5-1(3(7)8)2(6)4(9)10/h4,6,9H,1-3,5,7,23H2;1-2,5-6H,(H,7,8)(H,9,10)/t9-;/m1./s1. The van der Waals surface area contributed by atoms with Crippen LogP contribution in [0, 0.1) is 17.5 Å². The van der Waals surface area contributed by atoms with Gasteiger partial charge in [-0.1, -0.05) is 0 Å². The maximum Gasteiger partial charge on any atom is 0.451 e. The van der Waals surface area contributed by atoms with Gasteiger partial charge in [-0.2, -0.15) is 13.2 Å². The molecule has 1 aliphatic rings. The van der Waals surface area contributed by atoms with Crippen LogP contribution in [0.25, 0.3) is 0 Å². The van der Waals surface area contributed by atoms with E-state index in [9.17, 15) is 40.7 Å². The highest BCUT2D eigenvalue weighted by atomic mass is 19.4. The van der Waals surface area contributed by atoms with Crippen LogP contribution < -0.4 is 5.73 Å². The van der Waals surface area contributed by atoms with Crippen molar-refractivity contribution in [1.82, 2.24) is 19.7 Å². The van der Waals surface area contributed by atoms with Gasteiger partial charge in [-0.3, -0.25) is 4.79 Å². The number of hydrogen-bond donors (Lipinski definition) is 5. The zero-order valence-corrected chi connectivity index (χ0v) is 19.1. The lowest BCUT2D eigenvalue weighted by Crippen LogP contribution is -2.42. The van der Waals surface area contributed by atoms with Crippen molar-refractivity contribution in [3.8, 4) is 0 Å². The van der Waals surface area contributed by atoms with Gasteiger partial charge in [-0.15, -0.1) is 10.2 Å². The molecule has 210 valence electrons. The summed E-state index contributed by atoms with van der Waals surface area (Å²) in [6.07, 6.45) is -9.64. The summed E-state index contributed by atoms with van der Waals surface area (Å²) in [6, 6.07) is 0.184. The van der Waals surface area contributed by atoms with Gasteiger partial charge in [0.2, 0.25) is 11.7 Å². The summed E-state index contributed by atoms with van der Waals surface area (Å²) in [5.41, 5.74) is 5.64. The maximum atomic E-state index is 13.7. The molecule has 3 atom stereocenters. The zero-order valence-electron chi connectivity index (χ0n) is 19.1. The van der Waals surface area contributed by atoms with Crippen LogP contribution >= 0.6 is 0 Å². The van der Waals surface area contributed by atoms with E-state index in [-0.39, 0.29) is 43.9 Å². The Kier molecular flexibility index (Phi) is 9.76. The van der Waals surface area contributed by atoms with Gasteiger partial charge in [0.05, 0.1) is 6.54 Å². The molecule has 0 spiro atoms. The Balaban J connectivity index is 0.000000432. The maximum absolute atomic E-state index is 13.7. The Morgan fingerprint density at radius 3 is 2.03 bits per heavy atom. The van der Waals surface area contributed by atoms with Crippen LogP contribution in [-0.4, -0.2) is 82.7 Å². The van der Waals surface area contributed by atoms with Gasteiger partial charge in [-0.25, -0.2) is 22.8 Å². The number of nitrogens with zero attached hydrogens (tertiary/aromatic N) is 4. The predicted octanol–water partition coefficient (Wildman–Crippen LogP) is -0.106. The number of halogens is 6. The summed E-state index contributed by atoms with van der Waals surface area (Å²) in [5.74, 6) is -8.68. The second-order valence-electron chi connectivity index (χ2n) is 8.00. The minimum absolute atomic E-state index is 0.000783. The van der Waals surface area contributed by atoms with E-state index in [4.69, 9.17) is 26.2 Å². The molecule has 18 heteroatoms. The first-order valence-corrected chi connectivity index (χ1v) is 10.5. The molecular weight excluding hydrogens is 536 g/mol. The molecule has 3 rings (SSSR count). The number of aliphatic hydroxyl groups excluding tert-OH is 2. The van der Waals surface area contributed by atoms with E-state index in [1.54, 1.807) is 0 Å². The number of amides is 1. The highest BCUT2D eigenvalue weighted by molar-refractivity contribution is 5.83. The average Bonchev–Trinajstić information content (AvgIpc) is 3.25. The van der Waals surface area contributed by atoms with Gasteiger partial charge in [0.25, 0.3) is 0 Å². The lowest BCUT2D eigenvalue weighted by atomic mass is 10.0. The van der Waals surface area contributed by atoms with E-state index >= 15 is 0 Å². The van der Waals surface area contributed by atoms with Crippen molar-refractivity contribution in [1.29, 1.82) is 0 Å². The van der Waals surface area contributed by atoms with Crippen LogP contribution in [0.1, 0.15) is 23.6 Å². The van der Waals surface area contributed by atoms with Crippen LogP contribution in [0.2, 0.25) is 0 Å². The monoisotopic (exact) mass is 557 g/mol. The molecular formula is C20H21F6N5O7. The quantitative estimate of drug-likeness (QED) is 0.227. The summed E-state index contributed by atoms with van der Waals surface area (Å²) in [6.45, 7) is -0.302. The van der Waals surface area contributed by atoms with Crippen LogP contribution in [0.4, 0.5) is 26.3 Å². The van der Waals surface area contributed by atoms with Gasteiger partial charge < -0.3 is 35.6 Å². The summed E-state index contributed by atoms with van der Waals surface area (Å²) in [7, 11) is 0. The number of carboxylic acid groups (broad SMARTS) is 2. The number of carboxylic acids is 2. The number of rotatable bonds is 7. The largest absolute Gasteiger partial charge is 0.479 e. The first-order valence-electron chi connectivity index (χ1n) is 10.5. The molecule has 2 aromatic rings. The smallest absolute Gasteiger partial charge is 0.451 e. The SMILES string of the molecule is N[C@@H](CC(=O)N1CCn2c(nnc2C(F)(F)F)C1)Cc1cc(F)c(F)cc1F.O=C(O)C(O)C(O)C(=O)O. The van der Waals surface area contributed by atoms with Crippen molar-refractivity contribution >= 4 is 17.8 Å². The minimum atomic E-state index is -4.64. The molecule has 1 amide bonds. The van der Waals surface area contributed by atoms with E-state index in [2.05, 4.69) is 10.2 Å². The Bertz CT molecular complexity index is 1170. The Labute approximate surface area is 208 Å². The number of alkyl halides is 3. The molecule has 0 radical (unpaired) electrons. The molecule has 0 fully saturated rings. The number of hydrogen-bond acceptors (Lipinski definition) is 8. The van der Waals surface area contributed by atoms with Crippen LogP contribution in [0.3, 0.4) is 0 Å². The highest BCUT2D eigenvalue weighted by Crippen LogP contribution is 2.29. The first-order chi connectivity index (χ1) is 17.5. The molecule has 1 aromatic heterocycles. The number of carbonyl (C=O) groups is 3. The van der Waals surface area contributed by atoms with Gasteiger partial charge >= 0.3 is 18.1 Å². The normalized spacial score (nSPS) is 15.6. The molecule has 12 nitrogen and oxygen atoms in total. The van der Waals surface area contributed by atoms with Gasteiger partial charge in [0.1, 0.15) is 5.82 Å². The molecule has 0 bridgehead atoms. The molecule has 1 aromatic carbocycles. The summed E-state index contributed by atoms with van der Waals surface area (Å²) >= 11 is 0. The van der Waals surface area contributed by atoms with E-state index in [1.807, 2.05) is 0 Å². The third-order valence-corrected chi connectivity index (χ3v) is 5.17.